The molecular formula is C29H32BrN3O3. The molecule has 1 aliphatic carbocycles. The standard InChI is InChI=1S/C29H32BrN3O3/c1-4-8-18-11-24-28(25(34)12-18)27(21(15-31)17(3)33-24)20-13-22(30)29(26(14-20)35-5-2)36-16-19-9-6-7-10-23(19)32/h6-7,9-10,13-14,18,21,27H,4-5,8,11-12,16,32H2,1-3H3. The third kappa shape index (κ3) is 5.19. The first-order valence-corrected chi connectivity index (χ1v) is 13.3. The number of para-hydroxylation sites is 1. The van der Waals surface area contributed by atoms with Gasteiger partial charge in [0.2, 0.25) is 0 Å². The molecule has 36 heavy (non-hydrogen) atoms. The van der Waals surface area contributed by atoms with E-state index < -0.39 is 11.8 Å². The van der Waals surface area contributed by atoms with Crippen molar-refractivity contribution in [2.45, 2.75) is 59.0 Å². The van der Waals surface area contributed by atoms with Crippen LogP contribution < -0.4 is 15.2 Å². The van der Waals surface area contributed by atoms with Crippen molar-refractivity contribution in [3.8, 4) is 17.6 Å². The van der Waals surface area contributed by atoms with Gasteiger partial charge < -0.3 is 15.2 Å². The minimum absolute atomic E-state index is 0.102. The quantitative estimate of drug-likeness (QED) is 0.367. The van der Waals surface area contributed by atoms with Crippen LogP contribution in [0.1, 0.15) is 63.5 Å². The van der Waals surface area contributed by atoms with Crippen LogP contribution in [0, 0.1) is 23.2 Å². The third-order valence-corrected chi connectivity index (χ3v) is 7.52. The molecule has 3 atom stereocenters. The number of carbonyl (C=O) groups is 1. The molecule has 3 unspecified atom stereocenters. The number of nitrogens with zero attached hydrogens (tertiary/aromatic N) is 2. The Hall–Kier alpha value is -3.11. The Morgan fingerprint density at radius 2 is 1.97 bits per heavy atom. The van der Waals surface area contributed by atoms with Crippen molar-refractivity contribution < 1.29 is 14.3 Å². The fourth-order valence-corrected chi connectivity index (χ4v) is 5.84. The SMILES string of the molecule is CCCC1CC(=O)C2=C(C1)N=C(C)C(C#N)C2c1cc(Br)c(OCc2ccccc2N)c(OCC)c1. The van der Waals surface area contributed by atoms with E-state index in [1.54, 1.807) is 0 Å². The molecule has 2 aromatic rings. The van der Waals surface area contributed by atoms with Gasteiger partial charge in [-0.2, -0.15) is 5.26 Å². The van der Waals surface area contributed by atoms with Gasteiger partial charge in [-0.15, -0.1) is 0 Å². The van der Waals surface area contributed by atoms with Crippen molar-refractivity contribution in [3.63, 3.8) is 0 Å². The molecule has 1 aliphatic heterocycles. The van der Waals surface area contributed by atoms with E-state index in [2.05, 4.69) is 28.9 Å². The molecule has 0 radical (unpaired) electrons. The second kappa shape index (κ2) is 11.3. The smallest absolute Gasteiger partial charge is 0.175 e. The van der Waals surface area contributed by atoms with E-state index in [0.717, 1.165) is 41.8 Å². The van der Waals surface area contributed by atoms with E-state index in [-0.39, 0.29) is 12.4 Å². The van der Waals surface area contributed by atoms with Crippen LogP contribution in [0.4, 0.5) is 5.69 Å². The lowest BCUT2D eigenvalue weighted by molar-refractivity contribution is -0.117. The van der Waals surface area contributed by atoms with Crippen molar-refractivity contribution in [3.05, 3.63) is 63.3 Å². The molecular weight excluding hydrogens is 518 g/mol. The first-order valence-electron chi connectivity index (χ1n) is 12.5. The Morgan fingerprint density at radius 1 is 1.19 bits per heavy atom. The van der Waals surface area contributed by atoms with Crippen molar-refractivity contribution in [2.75, 3.05) is 12.3 Å². The predicted molar refractivity (Wildman–Crippen MR) is 145 cm³/mol. The Labute approximate surface area is 221 Å². The average Bonchev–Trinajstić information content (AvgIpc) is 2.84. The summed E-state index contributed by atoms with van der Waals surface area (Å²) in [5.74, 6) is 0.613. The van der Waals surface area contributed by atoms with Crippen LogP contribution in [0.3, 0.4) is 0 Å². The van der Waals surface area contributed by atoms with Crippen LogP contribution in [-0.2, 0) is 11.4 Å². The first kappa shape index (κ1) is 26.0. The van der Waals surface area contributed by atoms with E-state index in [4.69, 9.17) is 20.2 Å². The van der Waals surface area contributed by atoms with Gasteiger partial charge >= 0.3 is 0 Å². The molecule has 0 aromatic heterocycles. The number of Topliss-reactive ketones (excluding diaryl/α,β-unsaturated/α-hetero) is 1. The van der Waals surface area contributed by atoms with Crippen LogP contribution in [0.15, 0.2) is 57.1 Å². The van der Waals surface area contributed by atoms with E-state index in [9.17, 15) is 10.1 Å². The number of halogens is 1. The molecule has 0 saturated heterocycles. The lowest BCUT2D eigenvalue weighted by atomic mass is 9.70. The lowest BCUT2D eigenvalue weighted by Crippen LogP contribution is -2.32. The number of anilines is 1. The number of benzene rings is 2. The summed E-state index contributed by atoms with van der Waals surface area (Å²) in [6, 6.07) is 13.8. The number of ketones is 1. The molecule has 7 heteroatoms. The summed E-state index contributed by atoms with van der Waals surface area (Å²) in [6.45, 7) is 6.67. The zero-order valence-electron chi connectivity index (χ0n) is 21.0. The highest BCUT2D eigenvalue weighted by molar-refractivity contribution is 9.10. The van der Waals surface area contributed by atoms with Crippen molar-refractivity contribution in [1.82, 2.24) is 0 Å². The number of ether oxygens (including phenoxy) is 2. The minimum atomic E-state index is -0.521. The summed E-state index contributed by atoms with van der Waals surface area (Å²) in [4.78, 5) is 18.2. The summed E-state index contributed by atoms with van der Waals surface area (Å²) in [6.07, 6.45) is 3.32. The number of aliphatic imine (C=N–C) groups is 1. The van der Waals surface area contributed by atoms with Gasteiger partial charge in [0.1, 0.15) is 6.61 Å². The molecule has 2 aliphatic rings. The molecule has 2 aromatic carbocycles. The molecule has 0 saturated carbocycles. The number of nitrogen functional groups attached to an aromatic ring is 1. The monoisotopic (exact) mass is 549 g/mol. The fourth-order valence-electron chi connectivity index (χ4n) is 5.26. The molecule has 0 bridgehead atoms. The van der Waals surface area contributed by atoms with Crippen molar-refractivity contribution >= 4 is 33.1 Å². The summed E-state index contributed by atoms with van der Waals surface area (Å²) in [7, 11) is 0. The third-order valence-electron chi connectivity index (χ3n) is 6.93. The van der Waals surface area contributed by atoms with Crippen molar-refractivity contribution in [1.29, 1.82) is 5.26 Å². The second-order valence-corrected chi connectivity index (χ2v) is 10.3. The van der Waals surface area contributed by atoms with E-state index in [1.165, 1.54) is 0 Å². The molecule has 0 amide bonds. The van der Waals surface area contributed by atoms with Gasteiger partial charge in [0.05, 0.1) is 23.1 Å². The van der Waals surface area contributed by atoms with E-state index in [0.29, 0.717) is 46.2 Å². The molecule has 2 N–H and O–H groups in total. The maximum absolute atomic E-state index is 13.4. The van der Waals surface area contributed by atoms with Crippen LogP contribution in [-0.4, -0.2) is 18.1 Å². The van der Waals surface area contributed by atoms with Crippen LogP contribution >= 0.6 is 15.9 Å². The van der Waals surface area contributed by atoms with Gasteiger partial charge in [-0.25, -0.2) is 0 Å². The largest absolute Gasteiger partial charge is 0.490 e. The number of hydrogen-bond donors (Lipinski definition) is 1. The number of rotatable bonds is 8. The lowest BCUT2D eigenvalue weighted by Gasteiger charge is -2.35. The number of hydrogen-bond acceptors (Lipinski definition) is 6. The molecule has 1 heterocycles. The number of nitrogens with two attached hydrogens (primary N) is 1. The van der Waals surface area contributed by atoms with Gasteiger partial charge in [-0.1, -0.05) is 31.5 Å². The Bertz CT molecular complexity index is 1260. The maximum atomic E-state index is 13.4. The number of allylic oxidation sites excluding steroid dienone is 2. The highest BCUT2D eigenvalue weighted by atomic mass is 79.9. The van der Waals surface area contributed by atoms with Crippen LogP contribution in [0.25, 0.3) is 0 Å². The van der Waals surface area contributed by atoms with Gasteiger partial charge in [-0.3, -0.25) is 9.79 Å². The number of nitriles is 1. The van der Waals surface area contributed by atoms with Crippen LogP contribution in [0.2, 0.25) is 0 Å². The molecule has 4 rings (SSSR count). The molecule has 6 nitrogen and oxygen atoms in total. The highest BCUT2D eigenvalue weighted by Crippen LogP contribution is 2.48. The summed E-state index contributed by atoms with van der Waals surface area (Å²) < 4.78 is 12.8. The van der Waals surface area contributed by atoms with E-state index >= 15 is 0 Å². The molecule has 0 spiro atoms. The van der Waals surface area contributed by atoms with Crippen molar-refractivity contribution in [2.24, 2.45) is 16.8 Å². The van der Waals surface area contributed by atoms with E-state index in [1.807, 2.05) is 50.2 Å². The topological polar surface area (TPSA) is 97.7 Å². The minimum Gasteiger partial charge on any atom is -0.490 e. The second-order valence-electron chi connectivity index (χ2n) is 9.43. The van der Waals surface area contributed by atoms with Gasteiger partial charge in [0.25, 0.3) is 0 Å². The first-order chi connectivity index (χ1) is 17.4. The Balaban J connectivity index is 1.75. The van der Waals surface area contributed by atoms with Gasteiger partial charge in [0.15, 0.2) is 17.3 Å². The zero-order chi connectivity index (χ0) is 25.8. The molecule has 0 fully saturated rings. The predicted octanol–water partition coefficient (Wildman–Crippen LogP) is 6.74. The normalized spacial score (nSPS) is 21.5. The fraction of sp³-hybridized carbons (Fsp3) is 0.414. The number of carbonyl (C=O) groups excluding carboxylic acids is 1. The van der Waals surface area contributed by atoms with Gasteiger partial charge in [0, 0.05) is 40.6 Å². The Kier molecular flexibility index (Phi) is 8.15. The summed E-state index contributed by atoms with van der Waals surface area (Å²) in [5, 5.41) is 10.1. The summed E-state index contributed by atoms with van der Waals surface area (Å²) in [5.41, 5.74) is 10.7. The average molecular weight is 550 g/mol. The highest BCUT2D eigenvalue weighted by Gasteiger charge is 2.41. The van der Waals surface area contributed by atoms with Crippen LogP contribution in [0.5, 0.6) is 11.5 Å². The van der Waals surface area contributed by atoms with Gasteiger partial charge in [-0.05, 0) is 72.3 Å². The molecule has 188 valence electrons. The zero-order valence-corrected chi connectivity index (χ0v) is 22.6. The Morgan fingerprint density at radius 3 is 2.67 bits per heavy atom. The maximum Gasteiger partial charge on any atom is 0.175 e. The summed E-state index contributed by atoms with van der Waals surface area (Å²) >= 11 is 3.67.